The lowest BCUT2D eigenvalue weighted by molar-refractivity contribution is -0.305. The van der Waals surface area contributed by atoms with Gasteiger partial charge in [-0.3, -0.25) is 9.59 Å². The molecule has 16 atom stereocenters. The van der Waals surface area contributed by atoms with Crippen molar-refractivity contribution in [3.63, 3.8) is 0 Å². The van der Waals surface area contributed by atoms with Gasteiger partial charge in [-0.15, -0.1) is 0 Å². The number of aryl methyl sites for hydroxylation is 1. The van der Waals surface area contributed by atoms with E-state index < -0.39 is 97.3 Å². The van der Waals surface area contributed by atoms with Gasteiger partial charge < -0.3 is 67.7 Å². The van der Waals surface area contributed by atoms with Gasteiger partial charge in [0.15, 0.2) is 18.4 Å². The fraction of sp³-hybridized carbons (Fsp3) is 0.720. The maximum atomic E-state index is 14.1. The number of ether oxygens (including phenoxy) is 9. The summed E-state index contributed by atoms with van der Waals surface area (Å²) in [5.41, 5.74) is 2.12. The van der Waals surface area contributed by atoms with Crippen LogP contribution in [0, 0.1) is 23.7 Å². The minimum Gasteiger partial charge on any atom is -0.465 e. The third kappa shape index (κ3) is 15.5. The van der Waals surface area contributed by atoms with Crippen LogP contribution < -0.4 is 0 Å². The quantitative estimate of drug-likeness (QED) is 0.140. The lowest BCUT2D eigenvalue weighted by atomic mass is 9.79. The number of ketones is 1. The number of cyclic esters (lactones) is 1. The first-order valence-corrected chi connectivity index (χ1v) is 24.7. The minimum absolute atomic E-state index is 0.0251. The Hall–Kier alpha value is -4.10. The van der Waals surface area contributed by atoms with Gasteiger partial charge in [0.1, 0.15) is 36.7 Å². The number of rotatable bonds is 14. The molecule has 21 nitrogen and oxygen atoms in total. The van der Waals surface area contributed by atoms with Crippen molar-refractivity contribution in [3.05, 3.63) is 60.2 Å². The van der Waals surface area contributed by atoms with Gasteiger partial charge in [0.2, 0.25) is 5.95 Å². The molecule has 0 aromatic carbocycles. The molecule has 2 bridgehead atoms. The van der Waals surface area contributed by atoms with E-state index in [-0.39, 0.29) is 57.8 Å². The number of methoxy groups -OCH3 is 2. The first-order chi connectivity index (χ1) is 34.1. The average Bonchev–Trinajstić information content (AvgIpc) is 3.89. The van der Waals surface area contributed by atoms with E-state index in [2.05, 4.69) is 20.2 Å². The fourth-order valence-corrected chi connectivity index (χ4v) is 9.56. The molecule has 396 valence electrons. The largest absolute Gasteiger partial charge is 0.465 e. The maximum Gasteiger partial charge on any atom is 0.308 e. The fourth-order valence-electron chi connectivity index (χ4n) is 9.56. The second kappa shape index (κ2) is 27.3. The second-order valence-electron chi connectivity index (χ2n) is 19.4. The first kappa shape index (κ1) is 56.2. The van der Waals surface area contributed by atoms with Crippen molar-refractivity contribution in [2.75, 3.05) is 68.0 Å². The zero-order valence-electron chi connectivity index (χ0n) is 42.6. The van der Waals surface area contributed by atoms with Gasteiger partial charge in [-0.2, -0.15) is 5.10 Å². The smallest absolute Gasteiger partial charge is 0.308 e. The van der Waals surface area contributed by atoms with Crippen LogP contribution in [0.5, 0.6) is 0 Å². The Balaban J connectivity index is 1.24. The van der Waals surface area contributed by atoms with Gasteiger partial charge in [0.25, 0.3) is 0 Å². The van der Waals surface area contributed by atoms with E-state index in [0.29, 0.717) is 37.3 Å². The number of nitrogens with zero attached hydrogens (tertiary/aromatic N) is 6. The van der Waals surface area contributed by atoms with Crippen LogP contribution in [-0.4, -0.2) is 199 Å². The Morgan fingerprint density at radius 1 is 0.915 bits per heavy atom. The van der Waals surface area contributed by atoms with Crippen LogP contribution in [-0.2, 0) is 63.5 Å². The standard InChI is InChI=1S/C50H76N6O15/c1-29-13-14-38(57)30(2)21-36-15-19-64-27-37(54-68-18-10-12-34-23-51-50(52-24-34)56-17-11-16-53-56)28-65-39(31(3)45(36)71-48-44(61)41(55(6)7)42(59)32(4)69-48)22-40(58)66-25-35(20-29)26-67-49-47(63-9)46(62-8)43(60)33(5)70-49/h11,13-14,16-17,20,23-24,30-33,35-36,39,41-49,59-61H,10,12,15,18-19,21-22,25-28H2,1-9H3/b14-13+,29-20+,54-37+/t30-,31+,32-,33-,35+,36?,39-,41+,42-,43-,44-,45-,46-,47-,48+,49-/m1/s1. The topological polar surface area (TPSA) is 246 Å². The number of carbonyl (C=O) groups is 2. The number of hydrogen-bond donors (Lipinski definition) is 3. The van der Waals surface area contributed by atoms with Gasteiger partial charge in [0.05, 0.1) is 69.4 Å². The molecular weight excluding hydrogens is 925 g/mol. The highest BCUT2D eigenvalue weighted by Gasteiger charge is 2.48. The first-order valence-electron chi connectivity index (χ1n) is 24.7. The van der Waals surface area contributed by atoms with Crippen molar-refractivity contribution in [1.29, 1.82) is 0 Å². The van der Waals surface area contributed by atoms with Gasteiger partial charge in [-0.25, -0.2) is 14.6 Å². The molecule has 6 heterocycles. The lowest BCUT2D eigenvalue weighted by Crippen LogP contribution is -2.63. The second-order valence-corrected chi connectivity index (χ2v) is 19.4. The number of oxime groups is 1. The van der Waals surface area contributed by atoms with Crippen LogP contribution in [0.1, 0.15) is 65.9 Å². The number of fused-ring (bicyclic) bond motifs is 3. The van der Waals surface area contributed by atoms with E-state index in [0.717, 1.165) is 11.1 Å². The number of allylic oxidation sites excluding steroid dienone is 3. The molecule has 0 spiro atoms. The molecule has 4 aliphatic rings. The van der Waals surface area contributed by atoms with E-state index in [1.54, 1.807) is 80.5 Å². The number of esters is 1. The minimum atomic E-state index is -1.26. The maximum absolute atomic E-state index is 14.1. The Bertz CT molecular complexity index is 2040. The summed E-state index contributed by atoms with van der Waals surface area (Å²) in [6.45, 7) is 9.53. The van der Waals surface area contributed by atoms with E-state index in [9.17, 15) is 24.9 Å². The van der Waals surface area contributed by atoms with Crippen molar-refractivity contribution in [2.24, 2.45) is 28.8 Å². The summed E-state index contributed by atoms with van der Waals surface area (Å²) in [6.07, 6.45) is 4.26. The van der Waals surface area contributed by atoms with Crippen molar-refractivity contribution in [1.82, 2.24) is 24.6 Å². The molecule has 0 saturated carbocycles. The lowest BCUT2D eigenvalue weighted by Gasteiger charge is -2.47. The highest BCUT2D eigenvalue weighted by atomic mass is 16.7. The summed E-state index contributed by atoms with van der Waals surface area (Å²) >= 11 is 0. The highest BCUT2D eigenvalue weighted by molar-refractivity contribution is 5.91. The molecule has 2 aromatic rings. The van der Waals surface area contributed by atoms with Crippen molar-refractivity contribution in [2.45, 2.75) is 140 Å². The van der Waals surface area contributed by atoms with Gasteiger partial charge in [-0.1, -0.05) is 36.7 Å². The van der Waals surface area contributed by atoms with Gasteiger partial charge >= 0.3 is 5.97 Å². The number of hydrogen-bond acceptors (Lipinski definition) is 20. The third-order valence-electron chi connectivity index (χ3n) is 13.7. The molecule has 4 aliphatic heterocycles. The molecule has 2 aromatic heterocycles. The van der Waals surface area contributed by atoms with Crippen LogP contribution in [0.25, 0.3) is 5.95 Å². The molecular formula is C50H76N6O15. The SMILES string of the molecule is CO[C@@H]1[C@H](O)[C@@H](C)O[C@@H](OC[C@H]2/C=C(C)/C=C/C(=O)[C@H](C)CC3CCOC/C(=N\OCCCc4cnc(-n5cccn5)nc4)CO[C@H](CC(=O)OC2)[C@H](C)[C@H]3O[C@@H]2O[C@H](C)[C@@H](O)[C@H](N(C)C)[C@H]2O)[C@@H]1OC. The summed E-state index contributed by atoms with van der Waals surface area (Å²) in [6, 6.07) is 1.09. The summed E-state index contributed by atoms with van der Waals surface area (Å²) in [5, 5.41) is 42.1. The Kier molecular flexibility index (Phi) is 21.6. The van der Waals surface area contributed by atoms with E-state index in [4.69, 9.17) is 47.5 Å². The number of aliphatic hydroxyl groups is 3. The normalized spacial score (nSPS) is 37.0. The molecule has 0 aliphatic carbocycles. The number of carbonyl (C=O) groups excluding carboxylic acids is 2. The number of likely N-dealkylation sites (N-methyl/N-ethyl adjacent to an activating group) is 1. The highest BCUT2D eigenvalue weighted by Crippen LogP contribution is 2.36. The molecule has 71 heavy (non-hydrogen) atoms. The van der Waals surface area contributed by atoms with Gasteiger partial charge in [0, 0.05) is 63.4 Å². The summed E-state index contributed by atoms with van der Waals surface area (Å²) in [4.78, 5) is 44.4. The Morgan fingerprint density at radius 3 is 2.35 bits per heavy atom. The Labute approximate surface area is 416 Å². The van der Waals surface area contributed by atoms with E-state index in [1.807, 2.05) is 26.8 Å². The monoisotopic (exact) mass is 1000 g/mol. The van der Waals surface area contributed by atoms with Crippen LogP contribution in [0.15, 0.2) is 59.8 Å². The van der Waals surface area contributed by atoms with Crippen LogP contribution in [0.3, 0.4) is 0 Å². The molecule has 3 N–H and O–H groups in total. The zero-order chi connectivity index (χ0) is 51.2. The van der Waals surface area contributed by atoms with Crippen LogP contribution in [0.4, 0.5) is 0 Å². The van der Waals surface area contributed by atoms with Crippen molar-refractivity contribution in [3.8, 4) is 5.95 Å². The van der Waals surface area contributed by atoms with Crippen LogP contribution in [0.2, 0.25) is 0 Å². The zero-order valence-corrected chi connectivity index (χ0v) is 42.6. The van der Waals surface area contributed by atoms with Crippen molar-refractivity contribution < 1.29 is 72.4 Å². The third-order valence-corrected chi connectivity index (χ3v) is 13.7. The molecule has 21 heteroatoms. The van der Waals surface area contributed by atoms with Gasteiger partial charge in [-0.05, 0) is 84.2 Å². The number of aliphatic hydroxyl groups excluding tert-OH is 3. The summed E-state index contributed by atoms with van der Waals surface area (Å²) in [7, 11) is 6.50. The van der Waals surface area contributed by atoms with E-state index >= 15 is 0 Å². The van der Waals surface area contributed by atoms with Crippen molar-refractivity contribution >= 4 is 17.5 Å². The molecule has 0 radical (unpaired) electrons. The number of aromatic nitrogens is 4. The predicted octanol–water partition coefficient (Wildman–Crippen LogP) is 2.62. The predicted molar refractivity (Wildman–Crippen MR) is 256 cm³/mol. The molecule has 1 unspecified atom stereocenters. The summed E-state index contributed by atoms with van der Waals surface area (Å²) < 4.78 is 57.0. The molecule has 6 rings (SSSR count). The summed E-state index contributed by atoms with van der Waals surface area (Å²) in [5.74, 6) is -2.12. The average molecular weight is 1000 g/mol. The van der Waals surface area contributed by atoms with E-state index in [1.165, 1.54) is 14.2 Å². The molecule has 0 amide bonds. The Morgan fingerprint density at radius 2 is 1.65 bits per heavy atom. The molecule has 3 saturated heterocycles. The molecule has 3 fully saturated rings. The van der Waals surface area contributed by atoms with Crippen LogP contribution >= 0.6 is 0 Å².